The minimum absolute atomic E-state index is 0.00629. The number of ether oxygens (including phenoxy) is 1. The second-order valence-corrected chi connectivity index (χ2v) is 7.50. The normalized spacial score (nSPS) is 19.6. The molecule has 1 aromatic heterocycles. The first kappa shape index (κ1) is 19.1. The number of nitrogens with zero attached hydrogens (tertiary/aromatic N) is 2. The second-order valence-electron chi connectivity index (χ2n) is 7.50. The minimum atomic E-state index is -0.654. The van der Waals surface area contributed by atoms with Crippen molar-refractivity contribution >= 4 is 5.71 Å². The molecule has 1 aromatic carbocycles. The van der Waals surface area contributed by atoms with Crippen molar-refractivity contribution in [3.8, 4) is 17.4 Å². The molecule has 2 aliphatic rings. The highest BCUT2D eigenvalue weighted by Crippen LogP contribution is 2.34. The first-order chi connectivity index (χ1) is 14.0. The predicted molar refractivity (Wildman–Crippen MR) is 107 cm³/mol. The van der Waals surface area contributed by atoms with E-state index >= 15 is 0 Å². The predicted octanol–water partition coefficient (Wildman–Crippen LogP) is 1.90. The fourth-order valence-corrected chi connectivity index (χ4v) is 4.19. The molecule has 1 fully saturated rings. The minimum Gasteiger partial charge on any atom is -0.504 e. The highest BCUT2D eigenvalue weighted by atomic mass is 16.5. The molecule has 0 bridgehead atoms. The van der Waals surface area contributed by atoms with Crippen molar-refractivity contribution in [3.05, 3.63) is 50.2 Å². The molecule has 1 saturated carbocycles. The Kier molecular flexibility index (Phi) is 5.04. The van der Waals surface area contributed by atoms with Gasteiger partial charge in [0.05, 0.1) is 18.9 Å². The molecule has 1 aliphatic heterocycles. The molecule has 1 atom stereocenters. The molecule has 0 saturated heterocycles. The van der Waals surface area contributed by atoms with Gasteiger partial charge in [0.1, 0.15) is 5.56 Å². The maximum Gasteiger partial charge on any atom is 0.331 e. The van der Waals surface area contributed by atoms with Gasteiger partial charge in [0, 0.05) is 12.5 Å². The number of phenols is 1. The van der Waals surface area contributed by atoms with Crippen LogP contribution in [-0.2, 0) is 0 Å². The lowest BCUT2D eigenvalue weighted by Gasteiger charge is -2.25. The molecule has 2 heterocycles. The quantitative estimate of drug-likeness (QED) is 0.620. The molecular weight excluding hydrogens is 376 g/mol. The van der Waals surface area contributed by atoms with Crippen molar-refractivity contribution in [2.75, 3.05) is 7.11 Å². The Morgan fingerprint density at radius 3 is 2.62 bits per heavy atom. The van der Waals surface area contributed by atoms with Gasteiger partial charge in [-0.25, -0.2) is 4.79 Å². The number of H-pyrrole nitrogens is 1. The van der Waals surface area contributed by atoms with Gasteiger partial charge in [0.25, 0.3) is 5.56 Å². The Morgan fingerprint density at radius 2 is 1.93 bits per heavy atom. The van der Waals surface area contributed by atoms with E-state index in [0.717, 1.165) is 37.7 Å². The van der Waals surface area contributed by atoms with Gasteiger partial charge in [-0.3, -0.25) is 14.3 Å². The van der Waals surface area contributed by atoms with Crippen molar-refractivity contribution in [1.82, 2.24) is 15.0 Å². The molecule has 2 aromatic rings. The van der Waals surface area contributed by atoms with E-state index in [4.69, 9.17) is 4.74 Å². The van der Waals surface area contributed by atoms with E-state index in [1.807, 2.05) is 0 Å². The van der Waals surface area contributed by atoms with Crippen LogP contribution in [-0.4, -0.2) is 32.6 Å². The number of aromatic hydroxyl groups is 2. The van der Waals surface area contributed by atoms with E-state index in [1.54, 1.807) is 18.2 Å². The Labute approximate surface area is 166 Å². The topological polar surface area (TPSA) is 129 Å². The zero-order valence-corrected chi connectivity index (χ0v) is 16.1. The highest BCUT2D eigenvalue weighted by molar-refractivity contribution is 6.03. The maximum absolute atomic E-state index is 12.5. The van der Waals surface area contributed by atoms with Crippen LogP contribution in [0.15, 0.2) is 32.9 Å². The Bertz CT molecular complexity index is 1070. The lowest BCUT2D eigenvalue weighted by Crippen LogP contribution is -2.36. The molecule has 4 rings (SSSR count). The van der Waals surface area contributed by atoms with E-state index in [9.17, 15) is 19.8 Å². The Hall–Kier alpha value is -3.23. The summed E-state index contributed by atoms with van der Waals surface area (Å²) in [4.78, 5) is 27.2. The SMILES string of the molecule is COc1ccc([C@H]2CC(c3c(O)n(C4CCCCC4)c(=O)[nH]c3=O)=NN2)cc1O. The monoisotopic (exact) mass is 400 g/mol. The van der Waals surface area contributed by atoms with E-state index in [0.29, 0.717) is 17.9 Å². The van der Waals surface area contributed by atoms with Crippen LogP contribution in [0.25, 0.3) is 0 Å². The van der Waals surface area contributed by atoms with Crippen LogP contribution in [0.3, 0.4) is 0 Å². The summed E-state index contributed by atoms with van der Waals surface area (Å²) >= 11 is 0. The second kappa shape index (κ2) is 7.65. The highest BCUT2D eigenvalue weighted by Gasteiger charge is 2.29. The largest absolute Gasteiger partial charge is 0.504 e. The summed E-state index contributed by atoms with van der Waals surface area (Å²) in [6, 6.07) is 4.61. The molecule has 9 heteroatoms. The molecule has 1 aliphatic carbocycles. The number of hydrazone groups is 1. The molecule has 4 N–H and O–H groups in total. The van der Waals surface area contributed by atoms with Crippen LogP contribution >= 0.6 is 0 Å². The number of rotatable bonds is 4. The zero-order valence-electron chi connectivity index (χ0n) is 16.1. The molecule has 0 radical (unpaired) electrons. The van der Waals surface area contributed by atoms with E-state index in [2.05, 4.69) is 15.5 Å². The summed E-state index contributed by atoms with van der Waals surface area (Å²) in [6.45, 7) is 0. The van der Waals surface area contributed by atoms with Crippen LogP contribution in [0.4, 0.5) is 0 Å². The lowest BCUT2D eigenvalue weighted by atomic mass is 9.95. The van der Waals surface area contributed by atoms with Gasteiger partial charge in [0.2, 0.25) is 5.88 Å². The van der Waals surface area contributed by atoms with Crippen molar-refractivity contribution in [1.29, 1.82) is 0 Å². The number of aromatic amines is 1. The first-order valence-electron chi connectivity index (χ1n) is 9.76. The van der Waals surface area contributed by atoms with Crippen molar-refractivity contribution in [2.45, 2.75) is 50.6 Å². The van der Waals surface area contributed by atoms with Gasteiger partial charge < -0.3 is 20.4 Å². The summed E-state index contributed by atoms with van der Waals surface area (Å²) in [7, 11) is 1.47. The van der Waals surface area contributed by atoms with E-state index in [-0.39, 0.29) is 29.3 Å². The van der Waals surface area contributed by atoms with Gasteiger partial charge in [-0.2, -0.15) is 5.10 Å². The van der Waals surface area contributed by atoms with Crippen LogP contribution in [0.5, 0.6) is 17.4 Å². The molecule has 29 heavy (non-hydrogen) atoms. The van der Waals surface area contributed by atoms with E-state index in [1.165, 1.54) is 11.7 Å². The Morgan fingerprint density at radius 1 is 1.17 bits per heavy atom. The van der Waals surface area contributed by atoms with Crippen molar-refractivity contribution in [3.63, 3.8) is 0 Å². The molecule has 154 valence electrons. The standard InChI is InChI=1S/C20H24N4O5/c1-29-16-8-7-11(9-15(16)25)13-10-14(23-22-13)17-18(26)21-20(28)24(19(17)27)12-5-3-2-4-6-12/h7-9,12-13,22,25,27H,2-6,10H2,1H3,(H,21,26,28)/t13-/m1/s1. The van der Waals surface area contributed by atoms with Gasteiger partial charge in [-0.1, -0.05) is 25.3 Å². The van der Waals surface area contributed by atoms with Crippen LogP contribution in [0.2, 0.25) is 0 Å². The van der Waals surface area contributed by atoms with Crippen LogP contribution < -0.4 is 21.4 Å². The molecule has 0 amide bonds. The Balaban J connectivity index is 1.65. The summed E-state index contributed by atoms with van der Waals surface area (Å²) in [5.41, 5.74) is 2.84. The summed E-state index contributed by atoms with van der Waals surface area (Å²) in [5.74, 6) is 0.0396. The number of methoxy groups -OCH3 is 1. The molecule has 0 spiro atoms. The number of hydrogen-bond donors (Lipinski definition) is 4. The third-order valence-electron chi connectivity index (χ3n) is 5.70. The molecular formula is C20H24N4O5. The fraction of sp³-hybridized carbons (Fsp3) is 0.450. The van der Waals surface area contributed by atoms with E-state index < -0.39 is 11.2 Å². The average Bonchev–Trinajstić information content (AvgIpc) is 3.18. The number of aromatic nitrogens is 2. The van der Waals surface area contributed by atoms with Crippen molar-refractivity contribution < 1.29 is 14.9 Å². The molecule has 9 nitrogen and oxygen atoms in total. The number of phenolic OH excluding ortho intramolecular Hbond substituents is 1. The summed E-state index contributed by atoms with van der Waals surface area (Å²) in [5, 5.41) is 25.1. The third-order valence-corrected chi connectivity index (χ3v) is 5.70. The number of benzene rings is 1. The van der Waals surface area contributed by atoms with Crippen molar-refractivity contribution in [2.24, 2.45) is 5.10 Å². The number of hydrogen-bond acceptors (Lipinski definition) is 7. The maximum atomic E-state index is 12.5. The number of nitrogens with one attached hydrogen (secondary N) is 2. The van der Waals surface area contributed by atoms with Crippen LogP contribution in [0.1, 0.15) is 61.7 Å². The average molecular weight is 400 g/mol. The third kappa shape index (κ3) is 3.48. The summed E-state index contributed by atoms with van der Waals surface area (Å²) < 4.78 is 6.35. The summed E-state index contributed by atoms with van der Waals surface area (Å²) in [6.07, 6.45) is 4.97. The van der Waals surface area contributed by atoms with Gasteiger partial charge in [-0.15, -0.1) is 0 Å². The lowest BCUT2D eigenvalue weighted by molar-refractivity contribution is 0.298. The van der Waals surface area contributed by atoms with Gasteiger partial charge >= 0.3 is 5.69 Å². The zero-order chi connectivity index (χ0) is 20.5. The van der Waals surface area contributed by atoms with Gasteiger partial charge in [0.15, 0.2) is 11.5 Å². The fourth-order valence-electron chi connectivity index (χ4n) is 4.19. The van der Waals surface area contributed by atoms with Gasteiger partial charge in [-0.05, 0) is 30.5 Å². The first-order valence-corrected chi connectivity index (χ1v) is 9.76. The van der Waals surface area contributed by atoms with Crippen LogP contribution in [0, 0.1) is 0 Å². The smallest absolute Gasteiger partial charge is 0.331 e. The molecule has 0 unspecified atom stereocenters.